The topological polar surface area (TPSA) is 78.7 Å². The molecule has 7 heteroatoms. The number of thiocarbonyl (C=S) groups is 1. The molecule has 0 amide bonds. The van der Waals surface area contributed by atoms with Crippen LogP contribution in [0.25, 0.3) is 0 Å². The lowest BCUT2D eigenvalue weighted by Crippen LogP contribution is -2.12. The molecule has 22 heavy (non-hydrogen) atoms. The minimum atomic E-state index is -0.850. The predicted octanol–water partition coefficient (Wildman–Crippen LogP) is 3.76. The summed E-state index contributed by atoms with van der Waals surface area (Å²) in [4.78, 5) is 22.3. The van der Waals surface area contributed by atoms with Crippen LogP contribution in [-0.2, 0) is 4.74 Å². The second-order valence-electron chi connectivity index (χ2n) is 4.49. The number of nitro groups is 1. The monoisotopic (exact) mass is 319 g/mol. The molecule has 1 aromatic carbocycles. The maximum absolute atomic E-state index is 11.5. The molecule has 0 heterocycles. The van der Waals surface area contributed by atoms with Crippen molar-refractivity contribution in [1.82, 2.24) is 0 Å². The van der Waals surface area contributed by atoms with Crippen LogP contribution in [0.4, 0.5) is 10.5 Å². The summed E-state index contributed by atoms with van der Waals surface area (Å²) in [6.45, 7) is 0.171. The molecule has 1 aliphatic rings. The van der Waals surface area contributed by atoms with Gasteiger partial charge in [0.15, 0.2) is 0 Å². The van der Waals surface area contributed by atoms with Gasteiger partial charge < -0.3 is 9.47 Å². The maximum atomic E-state index is 11.5. The van der Waals surface area contributed by atoms with E-state index in [2.05, 4.69) is 0 Å². The van der Waals surface area contributed by atoms with E-state index >= 15 is 0 Å². The van der Waals surface area contributed by atoms with Crippen molar-refractivity contribution in [3.63, 3.8) is 0 Å². The van der Waals surface area contributed by atoms with Gasteiger partial charge in [-0.05, 0) is 23.8 Å². The lowest BCUT2D eigenvalue weighted by atomic mass is 10.0. The summed E-state index contributed by atoms with van der Waals surface area (Å²) < 4.78 is 9.86. The van der Waals surface area contributed by atoms with E-state index in [9.17, 15) is 14.9 Å². The molecular weight excluding hydrogens is 306 g/mol. The third kappa shape index (κ3) is 4.78. The Morgan fingerprint density at radius 1 is 1.32 bits per heavy atom. The van der Waals surface area contributed by atoms with Crippen LogP contribution in [0.2, 0.25) is 0 Å². The first kappa shape index (κ1) is 15.8. The minimum absolute atomic E-state index is 0.0762. The van der Waals surface area contributed by atoms with Crippen molar-refractivity contribution in [2.75, 3.05) is 6.61 Å². The Morgan fingerprint density at radius 2 is 2.05 bits per heavy atom. The van der Waals surface area contributed by atoms with Crippen LogP contribution >= 0.6 is 12.2 Å². The van der Waals surface area contributed by atoms with Gasteiger partial charge in [0.05, 0.1) is 11.5 Å². The fraction of sp³-hybridized carbons (Fsp3) is 0.200. The first-order chi connectivity index (χ1) is 10.5. The molecule has 0 saturated heterocycles. The fourth-order valence-corrected chi connectivity index (χ4v) is 2.06. The zero-order chi connectivity index (χ0) is 15.9. The van der Waals surface area contributed by atoms with E-state index in [0.29, 0.717) is 6.42 Å². The highest BCUT2D eigenvalue weighted by Gasteiger charge is 2.09. The number of benzene rings is 1. The largest absolute Gasteiger partial charge is 0.513 e. The Morgan fingerprint density at radius 3 is 2.68 bits per heavy atom. The number of hydrogen-bond acceptors (Lipinski definition) is 6. The summed E-state index contributed by atoms with van der Waals surface area (Å²) in [6, 6.07) is 5.18. The molecule has 114 valence electrons. The van der Waals surface area contributed by atoms with Gasteiger partial charge in [-0.3, -0.25) is 10.1 Å². The summed E-state index contributed by atoms with van der Waals surface area (Å²) in [7, 11) is 0. The van der Waals surface area contributed by atoms with Gasteiger partial charge in [0.2, 0.25) is 0 Å². The van der Waals surface area contributed by atoms with Gasteiger partial charge in [-0.2, -0.15) is 0 Å². The number of carbonyl (C=O) groups excluding carboxylic acids is 1. The molecule has 0 N–H and O–H groups in total. The van der Waals surface area contributed by atoms with Gasteiger partial charge in [-0.15, -0.1) is 0 Å². The summed E-state index contributed by atoms with van der Waals surface area (Å²) in [5, 5.41) is 10.5. The van der Waals surface area contributed by atoms with Gasteiger partial charge in [0.1, 0.15) is 5.75 Å². The van der Waals surface area contributed by atoms with Crippen LogP contribution in [0.15, 0.2) is 48.1 Å². The third-order valence-electron chi connectivity index (χ3n) is 2.86. The first-order valence-corrected chi connectivity index (χ1v) is 6.94. The van der Waals surface area contributed by atoms with Crippen LogP contribution < -0.4 is 4.74 Å². The number of nitrogens with zero attached hydrogens (tertiary/aromatic N) is 1. The van der Waals surface area contributed by atoms with Crippen LogP contribution in [0.3, 0.4) is 0 Å². The summed E-state index contributed by atoms with van der Waals surface area (Å²) in [5.74, 6) is 0.188. The molecule has 2 rings (SSSR count). The molecule has 0 saturated carbocycles. The van der Waals surface area contributed by atoms with Crippen molar-refractivity contribution in [2.24, 2.45) is 0 Å². The molecule has 0 spiro atoms. The van der Waals surface area contributed by atoms with Crippen molar-refractivity contribution < 1.29 is 19.2 Å². The Labute approximate surface area is 132 Å². The second-order valence-corrected chi connectivity index (χ2v) is 5.02. The molecule has 0 fully saturated rings. The zero-order valence-corrected chi connectivity index (χ0v) is 12.4. The highest BCUT2D eigenvalue weighted by Crippen LogP contribution is 2.18. The molecule has 1 aromatic rings. The molecule has 1 aliphatic carbocycles. The molecule has 6 nitrogen and oxygen atoms in total. The van der Waals surface area contributed by atoms with E-state index in [1.807, 2.05) is 18.2 Å². The molecular formula is C15H13NO5S. The molecule has 0 aliphatic heterocycles. The SMILES string of the molecule is O=C(OCCC1=CC(=S)CC=C1)Oc1ccc([N+](=O)[O-])cc1. The molecule has 0 aromatic heterocycles. The number of carbonyl (C=O) groups is 1. The highest BCUT2D eigenvalue weighted by atomic mass is 32.1. The average molecular weight is 319 g/mol. The molecule has 0 radical (unpaired) electrons. The molecule has 0 bridgehead atoms. The standard InChI is InChI=1S/C15H13NO5S/c17-15(20-9-8-11-2-1-3-14(22)10-11)21-13-6-4-12(5-7-13)16(18)19/h1-2,4-7,10H,3,8-9H2. The van der Waals surface area contributed by atoms with Crippen LogP contribution in [0.5, 0.6) is 5.75 Å². The second kappa shape index (κ2) is 7.46. The van der Waals surface area contributed by atoms with Gasteiger partial charge >= 0.3 is 6.16 Å². The number of allylic oxidation sites excluding steroid dienone is 3. The number of ether oxygens (including phenoxy) is 2. The Hall–Kier alpha value is -2.54. The van der Waals surface area contributed by atoms with Gasteiger partial charge in [-0.25, -0.2) is 4.79 Å². The Bertz CT molecular complexity index is 648. The van der Waals surface area contributed by atoms with E-state index in [0.717, 1.165) is 16.9 Å². The number of rotatable bonds is 5. The minimum Gasteiger partial charge on any atom is -0.434 e. The summed E-state index contributed by atoms with van der Waals surface area (Å²) in [5.41, 5.74) is 0.923. The van der Waals surface area contributed by atoms with E-state index in [-0.39, 0.29) is 18.0 Å². The van der Waals surface area contributed by atoms with E-state index in [1.54, 1.807) is 0 Å². The summed E-state index contributed by atoms with van der Waals surface area (Å²) >= 11 is 5.09. The Balaban J connectivity index is 1.77. The lowest BCUT2D eigenvalue weighted by Gasteiger charge is -2.08. The van der Waals surface area contributed by atoms with Crippen LogP contribution in [0, 0.1) is 10.1 Å². The number of non-ortho nitro benzene ring substituents is 1. The normalized spacial score (nSPS) is 13.5. The zero-order valence-electron chi connectivity index (χ0n) is 11.6. The highest BCUT2D eigenvalue weighted by molar-refractivity contribution is 7.80. The number of nitro benzene ring substituents is 1. The van der Waals surface area contributed by atoms with Crippen molar-refractivity contribution in [3.05, 3.63) is 58.2 Å². The van der Waals surface area contributed by atoms with Crippen LogP contribution in [0.1, 0.15) is 12.8 Å². The maximum Gasteiger partial charge on any atom is 0.513 e. The van der Waals surface area contributed by atoms with Gasteiger partial charge in [0, 0.05) is 29.8 Å². The third-order valence-corrected chi connectivity index (χ3v) is 3.14. The smallest absolute Gasteiger partial charge is 0.434 e. The van der Waals surface area contributed by atoms with E-state index in [4.69, 9.17) is 21.7 Å². The fourth-order valence-electron chi connectivity index (χ4n) is 1.81. The van der Waals surface area contributed by atoms with Crippen molar-refractivity contribution in [1.29, 1.82) is 0 Å². The number of hydrogen-bond donors (Lipinski definition) is 0. The summed E-state index contributed by atoms with van der Waals surface area (Å²) in [6.07, 6.45) is 6.26. The van der Waals surface area contributed by atoms with Crippen LogP contribution in [-0.4, -0.2) is 22.6 Å². The quantitative estimate of drug-likeness (QED) is 0.270. The molecule has 0 unspecified atom stereocenters. The van der Waals surface area contributed by atoms with E-state index < -0.39 is 11.1 Å². The van der Waals surface area contributed by atoms with Gasteiger partial charge in [0.25, 0.3) is 5.69 Å². The van der Waals surface area contributed by atoms with Gasteiger partial charge in [-0.1, -0.05) is 24.4 Å². The molecule has 0 atom stereocenters. The van der Waals surface area contributed by atoms with E-state index in [1.165, 1.54) is 24.3 Å². The van der Waals surface area contributed by atoms with Crippen molar-refractivity contribution in [2.45, 2.75) is 12.8 Å². The van der Waals surface area contributed by atoms with Crippen molar-refractivity contribution in [3.8, 4) is 5.75 Å². The first-order valence-electron chi connectivity index (χ1n) is 6.53. The predicted molar refractivity (Wildman–Crippen MR) is 84.1 cm³/mol. The van der Waals surface area contributed by atoms with Crippen molar-refractivity contribution >= 4 is 28.9 Å². The average Bonchev–Trinajstić information content (AvgIpc) is 2.48. The lowest BCUT2D eigenvalue weighted by molar-refractivity contribution is -0.384. The Kier molecular flexibility index (Phi) is 5.37.